The third-order valence-corrected chi connectivity index (χ3v) is 7.58. The molecule has 1 amide bonds. The standard InChI is InChI=1S/C26H21ClN2O5S/c1-12-9-17-10-16(7-8-19(17)34-12)22(31)20-21(15-5-4-6-18(27)11-15)29(25(33)23(20)32)26-28-13(2)24(35-26)14(3)30/h4-8,10-12,21,31H,9H2,1-3H3/t12-,21+/m0/s1. The van der Waals surface area contributed by atoms with Gasteiger partial charge in [0, 0.05) is 23.9 Å². The number of hydrogen-bond acceptors (Lipinski definition) is 7. The quantitative estimate of drug-likeness (QED) is 0.223. The van der Waals surface area contributed by atoms with Crippen molar-refractivity contribution < 1.29 is 24.2 Å². The summed E-state index contributed by atoms with van der Waals surface area (Å²) in [5.74, 6) is -1.42. The zero-order chi connectivity index (χ0) is 25.0. The average molecular weight is 509 g/mol. The number of aliphatic hydroxyl groups excluding tert-OH is 1. The number of aromatic nitrogens is 1. The molecule has 5 rings (SSSR count). The van der Waals surface area contributed by atoms with Crippen LogP contribution in [0, 0.1) is 6.92 Å². The molecule has 1 fully saturated rings. The lowest BCUT2D eigenvalue weighted by Crippen LogP contribution is -2.29. The Kier molecular flexibility index (Phi) is 5.73. The maximum Gasteiger partial charge on any atom is 0.301 e. The Morgan fingerprint density at radius 1 is 1.23 bits per heavy atom. The number of rotatable bonds is 4. The minimum atomic E-state index is -0.970. The summed E-state index contributed by atoms with van der Waals surface area (Å²) in [4.78, 5) is 44.7. The van der Waals surface area contributed by atoms with Gasteiger partial charge >= 0.3 is 5.91 Å². The molecule has 9 heteroatoms. The molecule has 0 saturated carbocycles. The van der Waals surface area contributed by atoms with Gasteiger partial charge in [0.2, 0.25) is 0 Å². The maximum absolute atomic E-state index is 13.3. The lowest BCUT2D eigenvalue weighted by molar-refractivity contribution is -0.132. The number of fused-ring (bicyclic) bond motifs is 1. The number of thiazole rings is 1. The van der Waals surface area contributed by atoms with Gasteiger partial charge in [0.05, 0.1) is 22.2 Å². The Balaban J connectivity index is 1.70. The number of amides is 1. The molecule has 2 aliphatic heterocycles. The summed E-state index contributed by atoms with van der Waals surface area (Å²) < 4.78 is 5.74. The molecular formula is C26H21ClN2O5S. The Labute approximate surface area is 210 Å². The van der Waals surface area contributed by atoms with Gasteiger partial charge < -0.3 is 9.84 Å². The summed E-state index contributed by atoms with van der Waals surface area (Å²) >= 11 is 7.28. The molecule has 0 spiro atoms. The van der Waals surface area contributed by atoms with Crippen LogP contribution in [0.25, 0.3) is 5.76 Å². The highest BCUT2D eigenvalue weighted by atomic mass is 35.5. The highest BCUT2D eigenvalue weighted by molar-refractivity contribution is 7.18. The molecule has 2 atom stereocenters. The largest absolute Gasteiger partial charge is 0.507 e. The van der Waals surface area contributed by atoms with E-state index >= 15 is 0 Å². The number of ether oxygens (including phenoxy) is 1. The van der Waals surface area contributed by atoms with Crippen molar-refractivity contribution >= 4 is 51.3 Å². The first-order chi connectivity index (χ1) is 16.7. The Bertz CT molecular complexity index is 1440. The number of hydrogen-bond donors (Lipinski definition) is 1. The lowest BCUT2D eigenvalue weighted by atomic mass is 9.94. The zero-order valence-corrected chi connectivity index (χ0v) is 20.7. The second-order valence-corrected chi connectivity index (χ2v) is 10.1. The molecule has 0 bridgehead atoms. The van der Waals surface area contributed by atoms with E-state index in [9.17, 15) is 19.5 Å². The fourth-order valence-electron chi connectivity index (χ4n) is 4.56. The highest BCUT2D eigenvalue weighted by Crippen LogP contribution is 2.44. The van der Waals surface area contributed by atoms with E-state index in [2.05, 4.69) is 4.98 Å². The van der Waals surface area contributed by atoms with Crippen LogP contribution in [-0.4, -0.2) is 33.7 Å². The molecule has 7 nitrogen and oxygen atoms in total. The molecular weight excluding hydrogens is 488 g/mol. The van der Waals surface area contributed by atoms with Gasteiger partial charge in [-0.25, -0.2) is 4.98 Å². The van der Waals surface area contributed by atoms with E-state index in [4.69, 9.17) is 16.3 Å². The van der Waals surface area contributed by atoms with Crippen molar-refractivity contribution in [2.24, 2.45) is 0 Å². The van der Waals surface area contributed by atoms with Gasteiger partial charge in [-0.1, -0.05) is 35.1 Å². The number of aryl methyl sites for hydroxylation is 1. The third kappa shape index (κ3) is 3.92. The predicted octanol–water partition coefficient (Wildman–Crippen LogP) is 5.26. The van der Waals surface area contributed by atoms with Crippen LogP contribution in [0.3, 0.4) is 0 Å². The number of benzene rings is 2. The van der Waals surface area contributed by atoms with E-state index < -0.39 is 17.7 Å². The monoisotopic (exact) mass is 508 g/mol. The maximum atomic E-state index is 13.3. The fourth-order valence-corrected chi connectivity index (χ4v) is 5.75. The van der Waals surface area contributed by atoms with E-state index in [1.165, 1.54) is 11.8 Å². The van der Waals surface area contributed by atoms with Crippen LogP contribution < -0.4 is 9.64 Å². The highest BCUT2D eigenvalue weighted by Gasteiger charge is 2.48. The van der Waals surface area contributed by atoms with E-state index in [1.54, 1.807) is 49.4 Å². The second-order valence-electron chi connectivity index (χ2n) is 8.65. The number of anilines is 1. The van der Waals surface area contributed by atoms with Gasteiger partial charge in [0.15, 0.2) is 10.9 Å². The van der Waals surface area contributed by atoms with Crippen molar-refractivity contribution in [1.82, 2.24) is 4.98 Å². The van der Waals surface area contributed by atoms with Gasteiger partial charge in [-0.05, 0) is 55.3 Å². The molecule has 2 aliphatic rings. The average Bonchev–Trinajstić information content (AvgIpc) is 3.45. The van der Waals surface area contributed by atoms with Gasteiger partial charge in [-0.15, -0.1) is 0 Å². The summed E-state index contributed by atoms with van der Waals surface area (Å²) in [7, 11) is 0. The molecule has 0 aliphatic carbocycles. The van der Waals surface area contributed by atoms with Crippen LogP contribution in [0.4, 0.5) is 5.13 Å². The molecule has 178 valence electrons. The number of halogens is 1. The first-order valence-electron chi connectivity index (χ1n) is 11.0. The van der Waals surface area contributed by atoms with Crippen LogP contribution in [0.2, 0.25) is 5.02 Å². The molecule has 0 unspecified atom stereocenters. The Hall–Kier alpha value is -3.49. The Morgan fingerprint density at radius 2 is 2.00 bits per heavy atom. The molecule has 2 aromatic carbocycles. The van der Waals surface area contributed by atoms with Gasteiger partial charge in [-0.2, -0.15) is 0 Å². The minimum absolute atomic E-state index is 0.0167. The molecule has 3 aromatic rings. The van der Waals surface area contributed by atoms with Gasteiger partial charge in [0.1, 0.15) is 17.6 Å². The number of aliphatic hydroxyl groups is 1. The number of nitrogens with zero attached hydrogens (tertiary/aromatic N) is 2. The Morgan fingerprint density at radius 3 is 2.69 bits per heavy atom. The van der Waals surface area contributed by atoms with Crippen molar-refractivity contribution in [3.63, 3.8) is 0 Å². The summed E-state index contributed by atoms with van der Waals surface area (Å²) in [5, 5.41) is 12.0. The van der Waals surface area contributed by atoms with Crippen molar-refractivity contribution in [3.8, 4) is 5.75 Å². The predicted molar refractivity (Wildman–Crippen MR) is 133 cm³/mol. The van der Waals surface area contributed by atoms with Crippen molar-refractivity contribution in [3.05, 3.63) is 80.3 Å². The van der Waals surface area contributed by atoms with Crippen LogP contribution in [0.15, 0.2) is 48.0 Å². The number of carbonyl (C=O) groups is 3. The summed E-state index contributed by atoms with van der Waals surface area (Å²) in [6.07, 6.45) is 0.692. The van der Waals surface area contributed by atoms with Crippen LogP contribution in [0.5, 0.6) is 5.75 Å². The van der Waals surface area contributed by atoms with E-state index in [-0.39, 0.29) is 28.4 Å². The molecule has 3 heterocycles. The number of Topliss-reactive ketones (excluding diaryl/α,β-unsaturated/α-hetero) is 2. The third-order valence-electron chi connectivity index (χ3n) is 6.09. The SMILES string of the molecule is CC(=O)c1sc(N2C(=O)C(=O)C(=C(O)c3ccc4c(c3)C[C@H](C)O4)[C@H]2c2cccc(Cl)c2)nc1C. The van der Waals surface area contributed by atoms with Crippen molar-refractivity contribution in [2.45, 2.75) is 39.3 Å². The molecule has 1 aromatic heterocycles. The number of ketones is 2. The van der Waals surface area contributed by atoms with Gasteiger partial charge in [0.25, 0.3) is 5.78 Å². The number of carbonyl (C=O) groups excluding carboxylic acids is 3. The van der Waals surface area contributed by atoms with Crippen molar-refractivity contribution in [1.29, 1.82) is 0 Å². The van der Waals surface area contributed by atoms with E-state index in [0.717, 1.165) is 22.6 Å². The normalized spacial score (nSPS) is 20.7. The van der Waals surface area contributed by atoms with Crippen LogP contribution >= 0.6 is 22.9 Å². The summed E-state index contributed by atoms with van der Waals surface area (Å²) in [6.45, 7) is 5.05. The zero-order valence-electron chi connectivity index (χ0n) is 19.2. The topological polar surface area (TPSA) is 96.8 Å². The van der Waals surface area contributed by atoms with Crippen LogP contribution in [-0.2, 0) is 16.0 Å². The molecule has 1 saturated heterocycles. The lowest BCUT2D eigenvalue weighted by Gasteiger charge is -2.23. The van der Waals surface area contributed by atoms with E-state index in [0.29, 0.717) is 33.1 Å². The minimum Gasteiger partial charge on any atom is -0.507 e. The first kappa shape index (κ1) is 23.3. The fraction of sp³-hybridized carbons (Fsp3) is 0.231. The van der Waals surface area contributed by atoms with Crippen molar-refractivity contribution in [2.75, 3.05) is 4.90 Å². The summed E-state index contributed by atoms with van der Waals surface area (Å²) in [5.41, 5.74) is 2.26. The van der Waals surface area contributed by atoms with Gasteiger partial charge in [-0.3, -0.25) is 19.3 Å². The van der Waals surface area contributed by atoms with E-state index in [1.807, 2.05) is 6.92 Å². The molecule has 0 radical (unpaired) electrons. The molecule has 35 heavy (non-hydrogen) atoms. The molecule has 1 N–H and O–H groups in total. The van der Waals surface area contributed by atoms with Crippen LogP contribution in [0.1, 0.15) is 51.9 Å². The first-order valence-corrected chi connectivity index (χ1v) is 12.2. The summed E-state index contributed by atoms with van der Waals surface area (Å²) in [6, 6.07) is 11.0. The smallest absolute Gasteiger partial charge is 0.301 e. The second kappa shape index (κ2) is 8.62.